The lowest BCUT2D eigenvalue weighted by molar-refractivity contribution is 0.378. The second-order valence-electron chi connectivity index (χ2n) is 2.01. The minimum Gasteiger partial charge on any atom is -0.284 e. The summed E-state index contributed by atoms with van der Waals surface area (Å²) in [6.07, 6.45) is 0. The Balaban J connectivity index is 0.000000423. The number of halogens is 5. The first-order valence-corrected chi connectivity index (χ1v) is 4.12. The average Bonchev–Trinajstić information content (AvgIpc) is 2.11. The molecule has 2 N–H and O–H groups in total. The van der Waals surface area contributed by atoms with Gasteiger partial charge in [0.15, 0.2) is 23.3 Å². The smallest absolute Gasteiger partial charge is 0.284 e. The fraction of sp³-hybridized carbons (Fsp3) is 0. The van der Waals surface area contributed by atoms with Crippen LogP contribution in [0, 0.1) is 29.1 Å². The van der Waals surface area contributed by atoms with Gasteiger partial charge in [0.05, 0.1) is 0 Å². The lowest BCUT2D eigenvalue weighted by atomic mass is 10.3. The van der Waals surface area contributed by atoms with Crippen molar-refractivity contribution in [3.63, 3.8) is 0 Å². The topological polar surface area (TPSA) is 57.5 Å². The van der Waals surface area contributed by atoms with Gasteiger partial charge >= 0.3 is 0 Å². The highest BCUT2D eigenvalue weighted by Crippen LogP contribution is 2.16. The fourth-order valence-corrected chi connectivity index (χ4v) is 0.544. The van der Waals surface area contributed by atoms with Crippen molar-refractivity contribution in [3.05, 3.63) is 35.2 Å². The normalized spacial score (nSPS) is 9.87. The maximum atomic E-state index is 12.0. The van der Waals surface area contributed by atoms with E-state index in [9.17, 15) is 22.0 Å². The monoisotopic (exact) mass is 250 g/mol. The van der Waals surface area contributed by atoms with Gasteiger partial charge in [0, 0.05) is 6.07 Å². The van der Waals surface area contributed by atoms with Crippen LogP contribution in [0.15, 0.2) is 6.07 Å². The van der Waals surface area contributed by atoms with E-state index in [2.05, 4.69) is 0 Å². The second-order valence-corrected chi connectivity index (χ2v) is 2.47. The molecule has 0 heterocycles. The fourth-order valence-electron chi connectivity index (χ4n) is 0.544. The molecule has 0 radical (unpaired) electrons. The van der Waals surface area contributed by atoms with Gasteiger partial charge in [-0.1, -0.05) is 0 Å². The van der Waals surface area contributed by atoms with Crippen LogP contribution in [-0.2, 0) is 11.4 Å². The Morgan fingerprint density at radius 3 is 1.40 bits per heavy atom. The Bertz CT molecular complexity index is 353. The Kier molecular flexibility index (Phi) is 5.33. The van der Waals surface area contributed by atoms with E-state index in [1.807, 2.05) is 0 Å². The van der Waals surface area contributed by atoms with Gasteiger partial charge in [-0.25, -0.2) is 22.0 Å². The summed E-state index contributed by atoms with van der Waals surface area (Å²) in [7, 11) is 0. The van der Waals surface area contributed by atoms with E-state index in [-0.39, 0.29) is 6.07 Å². The quantitative estimate of drug-likeness (QED) is 0.321. The van der Waals surface area contributed by atoms with E-state index in [0.29, 0.717) is 0 Å². The summed E-state index contributed by atoms with van der Waals surface area (Å²) >= 11 is -2.61. The summed E-state index contributed by atoms with van der Waals surface area (Å²) in [5.74, 6) is -9.65. The minimum absolute atomic E-state index is 0.0618. The van der Waals surface area contributed by atoms with Gasteiger partial charge in [-0.3, -0.25) is 9.11 Å². The third-order valence-corrected chi connectivity index (χ3v) is 1.06. The SMILES string of the molecule is Fc1cc(F)c(F)c(F)c1F.O=S(O)O. The molecule has 1 aromatic rings. The zero-order valence-corrected chi connectivity index (χ0v) is 7.49. The molecule has 9 heteroatoms. The van der Waals surface area contributed by atoms with Crippen molar-refractivity contribution in [1.82, 2.24) is 0 Å². The first-order chi connectivity index (χ1) is 6.77. The second kappa shape index (κ2) is 5.73. The molecule has 0 aliphatic heterocycles. The van der Waals surface area contributed by atoms with Crippen LogP contribution in [-0.4, -0.2) is 13.3 Å². The number of hydrogen-bond donors (Lipinski definition) is 2. The van der Waals surface area contributed by atoms with E-state index in [4.69, 9.17) is 13.3 Å². The Labute approximate surface area is 82.6 Å². The van der Waals surface area contributed by atoms with Gasteiger partial charge < -0.3 is 0 Å². The largest absolute Gasteiger partial charge is 0.299 e. The molecule has 0 atom stereocenters. The van der Waals surface area contributed by atoms with Crippen molar-refractivity contribution in [2.45, 2.75) is 0 Å². The summed E-state index contributed by atoms with van der Waals surface area (Å²) in [6, 6.07) is -0.0618. The van der Waals surface area contributed by atoms with Gasteiger partial charge in [0.2, 0.25) is 5.82 Å². The molecule has 0 aliphatic carbocycles. The van der Waals surface area contributed by atoms with Crippen LogP contribution in [0.4, 0.5) is 22.0 Å². The highest BCUT2D eigenvalue weighted by atomic mass is 32.2. The van der Waals surface area contributed by atoms with Crippen LogP contribution in [0.25, 0.3) is 0 Å². The van der Waals surface area contributed by atoms with Gasteiger partial charge in [0.1, 0.15) is 0 Å². The van der Waals surface area contributed by atoms with Crippen LogP contribution < -0.4 is 0 Å². The molecule has 3 nitrogen and oxygen atoms in total. The zero-order valence-electron chi connectivity index (χ0n) is 6.68. The van der Waals surface area contributed by atoms with Crippen LogP contribution in [0.2, 0.25) is 0 Å². The molecule has 1 rings (SSSR count). The molecule has 15 heavy (non-hydrogen) atoms. The molecule has 0 saturated heterocycles. The standard InChI is InChI=1S/C6HF5.H2O3S/c7-2-1-3(8)5(10)6(11)4(2)9;1-4(2)3/h1H;(H2,1,2,3). The van der Waals surface area contributed by atoms with E-state index >= 15 is 0 Å². The van der Waals surface area contributed by atoms with E-state index in [0.717, 1.165) is 0 Å². The number of rotatable bonds is 0. The molecule has 1 aromatic carbocycles. The van der Waals surface area contributed by atoms with Crippen molar-refractivity contribution < 1.29 is 35.3 Å². The van der Waals surface area contributed by atoms with Crippen LogP contribution in [0.1, 0.15) is 0 Å². The van der Waals surface area contributed by atoms with Gasteiger partial charge in [-0.05, 0) is 0 Å². The van der Waals surface area contributed by atoms with Crippen molar-refractivity contribution in [1.29, 1.82) is 0 Å². The zero-order chi connectivity index (χ0) is 12.2. The summed E-state index contributed by atoms with van der Waals surface area (Å²) in [5, 5.41) is 0. The molecule has 0 aromatic heterocycles. The molecular weight excluding hydrogens is 247 g/mol. The summed E-state index contributed by atoms with van der Waals surface area (Å²) < 4.78 is 82.9. The van der Waals surface area contributed by atoms with Crippen LogP contribution in [0.3, 0.4) is 0 Å². The van der Waals surface area contributed by atoms with Gasteiger partial charge in [0.25, 0.3) is 11.4 Å². The molecule has 0 bridgehead atoms. The molecule has 0 spiro atoms. The van der Waals surface area contributed by atoms with Crippen molar-refractivity contribution in [2.75, 3.05) is 0 Å². The number of hydrogen-bond acceptors (Lipinski definition) is 1. The lowest BCUT2D eigenvalue weighted by Crippen LogP contribution is -1.98. The molecule has 86 valence electrons. The van der Waals surface area contributed by atoms with Crippen molar-refractivity contribution in [3.8, 4) is 0 Å². The molecule has 0 unspecified atom stereocenters. The van der Waals surface area contributed by atoms with E-state index < -0.39 is 40.4 Å². The Hall–Kier alpha value is -1.06. The number of benzene rings is 1. The average molecular weight is 250 g/mol. The predicted molar refractivity (Wildman–Crippen MR) is 39.6 cm³/mol. The minimum atomic E-state index is -2.61. The maximum absolute atomic E-state index is 12.0. The Morgan fingerprint density at radius 2 is 1.13 bits per heavy atom. The van der Waals surface area contributed by atoms with Gasteiger partial charge in [-0.2, -0.15) is 4.21 Å². The van der Waals surface area contributed by atoms with Crippen LogP contribution >= 0.6 is 0 Å². The highest BCUT2D eigenvalue weighted by molar-refractivity contribution is 7.73. The highest BCUT2D eigenvalue weighted by Gasteiger charge is 2.18. The third kappa shape index (κ3) is 4.32. The lowest BCUT2D eigenvalue weighted by Gasteiger charge is -1.96. The first-order valence-electron chi connectivity index (χ1n) is 3.05. The van der Waals surface area contributed by atoms with E-state index in [1.165, 1.54) is 0 Å². The predicted octanol–water partition coefficient (Wildman–Crippen LogP) is 2.06. The summed E-state index contributed by atoms with van der Waals surface area (Å²) in [5.41, 5.74) is 0. The summed E-state index contributed by atoms with van der Waals surface area (Å²) in [4.78, 5) is 0. The molecule has 0 amide bonds. The van der Waals surface area contributed by atoms with E-state index in [1.54, 1.807) is 0 Å². The molecular formula is C6H3F5O3S. The van der Waals surface area contributed by atoms with Gasteiger partial charge in [-0.15, -0.1) is 0 Å². The molecule has 0 saturated carbocycles. The maximum Gasteiger partial charge on any atom is 0.299 e. The van der Waals surface area contributed by atoms with Crippen LogP contribution in [0.5, 0.6) is 0 Å². The summed E-state index contributed by atoms with van der Waals surface area (Å²) in [6.45, 7) is 0. The van der Waals surface area contributed by atoms with Crippen molar-refractivity contribution >= 4 is 11.4 Å². The Morgan fingerprint density at radius 1 is 0.867 bits per heavy atom. The molecule has 0 aliphatic rings. The van der Waals surface area contributed by atoms with Crippen molar-refractivity contribution in [2.24, 2.45) is 0 Å². The molecule has 0 fully saturated rings. The third-order valence-electron chi connectivity index (χ3n) is 1.06. The first kappa shape index (κ1) is 13.9.